The van der Waals surface area contributed by atoms with Gasteiger partial charge in [-0.05, 0) is 155 Å². The van der Waals surface area contributed by atoms with Crippen molar-refractivity contribution < 1.29 is 0 Å². The predicted molar refractivity (Wildman–Crippen MR) is 310 cm³/mol. The average Bonchev–Trinajstić information content (AvgIpc) is 3.64. The third-order valence-corrected chi connectivity index (χ3v) is 17.7. The molecule has 0 saturated heterocycles. The van der Waals surface area contributed by atoms with E-state index < -0.39 is 0 Å². The monoisotopic (exact) mass is 943 g/mol. The third-order valence-electron chi connectivity index (χ3n) is 16.5. The summed E-state index contributed by atoms with van der Waals surface area (Å²) in [4.78, 5) is 5.36. The van der Waals surface area contributed by atoms with Gasteiger partial charge in [0.1, 0.15) is 0 Å². The molecule has 2 aliphatic heterocycles. The molecule has 2 nitrogen and oxygen atoms in total. The molecule has 0 atom stereocenters. The van der Waals surface area contributed by atoms with Gasteiger partial charge in [0.05, 0.1) is 11.4 Å². The van der Waals surface area contributed by atoms with Crippen molar-refractivity contribution in [1.82, 2.24) is 0 Å². The first-order valence-electron chi connectivity index (χ1n) is 26.3. The molecule has 0 N–H and O–H groups in total. The number of benzene rings is 6. The molecule has 70 heavy (non-hydrogen) atoms. The quantitative estimate of drug-likeness (QED) is 0.163. The second kappa shape index (κ2) is 15.7. The Morgan fingerprint density at radius 2 is 0.943 bits per heavy atom. The molecule has 0 bridgehead atoms. The molecule has 0 spiro atoms. The van der Waals surface area contributed by atoms with Gasteiger partial charge in [-0.3, -0.25) is 0 Å². The van der Waals surface area contributed by atoms with Crippen LogP contribution in [0.25, 0.3) is 21.2 Å². The Morgan fingerprint density at radius 3 is 1.53 bits per heavy atom. The highest BCUT2D eigenvalue weighted by atomic mass is 32.1. The Morgan fingerprint density at radius 1 is 0.443 bits per heavy atom. The zero-order valence-corrected chi connectivity index (χ0v) is 47.0. The average molecular weight is 943 g/mol. The first-order valence-corrected chi connectivity index (χ1v) is 27.1. The number of thiophene rings is 1. The fraction of sp³-hybridized carbons (Fsp3) is 0.424. The van der Waals surface area contributed by atoms with Crippen molar-refractivity contribution in [1.29, 1.82) is 0 Å². The standard InChI is InChI=1S/C66H79BN2S/c1-60(2,3)41-21-26-46(27-22-41)68-53-31-25-43(62(7,8)9)36-51(53)67-57-54(68)37-45(64(13,14)15)38-55(57)69(58-47-28-23-44(63(10,11)12)39-56(47)70-59(58)67)52-30-24-42(61(4,5)6)35-48(52)40-20-29-49-50(34-40)66(18,19)33-32-65(49,16)17/h20-31,34-39H,32-33H2,1-19H3. The number of anilines is 6. The molecule has 4 heteroatoms. The van der Waals surface area contributed by atoms with E-state index in [0.717, 1.165) is 0 Å². The van der Waals surface area contributed by atoms with E-state index in [0.29, 0.717) is 0 Å². The maximum atomic E-state index is 2.74. The third kappa shape index (κ3) is 7.98. The van der Waals surface area contributed by atoms with E-state index in [2.05, 4.69) is 251 Å². The molecule has 1 aromatic heterocycles. The molecule has 6 aromatic carbocycles. The maximum Gasteiger partial charge on any atom is 0.264 e. The van der Waals surface area contributed by atoms with Crippen LogP contribution in [0.15, 0.2) is 109 Å². The van der Waals surface area contributed by atoms with Crippen molar-refractivity contribution in [3.63, 3.8) is 0 Å². The number of rotatable bonds is 3. The van der Waals surface area contributed by atoms with Crippen molar-refractivity contribution in [3.8, 4) is 11.1 Å². The van der Waals surface area contributed by atoms with Crippen molar-refractivity contribution in [2.75, 3.05) is 9.80 Å². The van der Waals surface area contributed by atoms with Gasteiger partial charge in [0.2, 0.25) is 0 Å². The van der Waals surface area contributed by atoms with Crippen LogP contribution in [-0.2, 0) is 37.9 Å². The number of fused-ring (bicyclic) bond motifs is 7. The van der Waals surface area contributed by atoms with E-state index in [9.17, 15) is 0 Å². The van der Waals surface area contributed by atoms with E-state index in [1.807, 2.05) is 11.3 Å². The summed E-state index contributed by atoms with van der Waals surface area (Å²) in [7, 11) is 0. The molecule has 362 valence electrons. The van der Waals surface area contributed by atoms with Gasteiger partial charge >= 0.3 is 0 Å². The zero-order chi connectivity index (χ0) is 50.6. The van der Waals surface area contributed by atoms with E-state index in [1.54, 1.807) is 0 Å². The summed E-state index contributed by atoms with van der Waals surface area (Å²) in [5, 5.41) is 1.33. The van der Waals surface area contributed by atoms with Gasteiger partial charge in [-0.1, -0.05) is 192 Å². The topological polar surface area (TPSA) is 6.48 Å². The van der Waals surface area contributed by atoms with Crippen LogP contribution < -0.4 is 25.5 Å². The smallest absolute Gasteiger partial charge is 0.264 e. The number of hydrogen-bond acceptors (Lipinski definition) is 3. The number of nitrogens with zero attached hydrogens (tertiary/aromatic N) is 2. The lowest BCUT2D eigenvalue weighted by Gasteiger charge is -2.45. The largest absolute Gasteiger partial charge is 0.311 e. The minimum atomic E-state index is -0.126. The van der Waals surface area contributed by atoms with Crippen LogP contribution in [0, 0.1) is 0 Å². The molecule has 0 saturated carbocycles. The van der Waals surface area contributed by atoms with Crippen LogP contribution in [0.3, 0.4) is 0 Å². The van der Waals surface area contributed by atoms with E-state index in [1.165, 1.54) is 123 Å². The van der Waals surface area contributed by atoms with Crippen molar-refractivity contribution >= 4 is 78.0 Å². The van der Waals surface area contributed by atoms with Gasteiger partial charge in [0, 0.05) is 43.2 Å². The lowest BCUT2D eigenvalue weighted by Crippen LogP contribution is -2.60. The molecule has 3 heterocycles. The summed E-state index contributed by atoms with van der Waals surface area (Å²) in [6.07, 6.45) is 2.38. The molecule has 0 fully saturated rings. The molecule has 0 radical (unpaired) electrons. The summed E-state index contributed by atoms with van der Waals surface area (Å²) in [5.74, 6) is 0. The van der Waals surface area contributed by atoms with Gasteiger partial charge in [-0.2, -0.15) is 0 Å². The van der Waals surface area contributed by atoms with E-state index in [-0.39, 0.29) is 44.6 Å². The van der Waals surface area contributed by atoms with Crippen LogP contribution in [0.5, 0.6) is 0 Å². The SMILES string of the molecule is CC(C)(C)c1ccc(N2c3ccc(C(C)(C)C)cc3B3c4sc5cc(C(C)(C)C)ccc5c4N(c4ccc(C(C)(C)C)cc4-c4ccc5c(c4)C(C)(C)CCC5(C)C)c4cc(C(C)(C)C)cc2c43)cc1. The van der Waals surface area contributed by atoms with Crippen LogP contribution >= 0.6 is 11.3 Å². The molecular formula is C66H79BN2S. The first kappa shape index (κ1) is 48.6. The summed E-state index contributed by atoms with van der Waals surface area (Å²) in [6.45, 7) is 45.2. The highest BCUT2D eigenvalue weighted by molar-refractivity contribution is 7.33. The van der Waals surface area contributed by atoms with Gasteiger partial charge in [-0.25, -0.2) is 0 Å². The lowest BCUT2D eigenvalue weighted by molar-refractivity contribution is 0.332. The molecular weight excluding hydrogens is 864 g/mol. The minimum absolute atomic E-state index is 0.0168. The van der Waals surface area contributed by atoms with Crippen LogP contribution in [-0.4, -0.2) is 6.71 Å². The Bertz CT molecular complexity index is 3230. The van der Waals surface area contributed by atoms with Crippen LogP contribution in [0.4, 0.5) is 34.1 Å². The maximum absolute atomic E-state index is 2.74. The second-order valence-corrected chi connectivity index (χ2v) is 29.0. The minimum Gasteiger partial charge on any atom is -0.311 e. The van der Waals surface area contributed by atoms with E-state index in [4.69, 9.17) is 0 Å². The van der Waals surface area contributed by atoms with E-state index >= 15 is 0 Å². The van der Waals surface area contributed by atoms with Crippen molar-refractivity contribution in [2.45, 2.75) is 182 Å². The first-order chi connectivity index (χ1) is 32.3. The Balaban J connectivity index is 1.36. The van der Waals surface area contributed by atoms with Gasteiger partial charge in [-0.15, -0.1) is 11.3 Å². The lowest BCUT2D eigenvalue weighted by atomic mass is 9.36. The summed E-state index contributed by atoms with van der Waals surface area (Å²) in [5.41, 5.74) is 22.8. The Kier molecular flexibility index (Phi) is 10.9. The normalized spacial score (nSPS) is 16.5. The van der Waals surface area contributed by atoms with Gasteiger partial charge < -0.3 is 9.80 Å². The fourth-order valence-electron chi connectivity index (χ4n) is 11.7. The number of hydrogen-bond donors (Lipinski definition) is 0. The summed E-state index contributed by atoms with van der Waals surface area (Å²) >= 11 is 2.02. The molecule has 0 amide bonds. The van der Waals surface area contributed by atoms with Gasteiger partial charge in [0.15, 0.2) is 0 Å². The molecule has 7 aromatic rings. The van der Waals surface area contributed by atoms with Crippen LogP contribution in [0.2, 0.25) is 0 Å². The second-order valence-electron chi connectivity index (χ2n) is 27.9. The van der Waals surface area contributed by atoms with Crippen LogP contribution in [0.1, 0.15) is 183 Å². The predicted octanol–water partition coefficient (Wildman–Crippen LogP) is 17.5. The Hall–Kier alpha value is -5.06. The van der Waals surface area contributed by atoms with Crippen molar-refractivity contribution in [2.24, 2.45) is 0 Å². The summed E-state index contributed by atoms with van der Waals surface area (Å²) in [6, 6.07) is 44.4. The molecule has 10 rings (SSSR count). The molecule has 3 aliphatic rings. The Labute approximate surface area is 427 Å². The highest BCUT2D eigenvalue weighted by Gasteiger charge is 2.47. The van der Waals surface area contributed by atoms with Crippen molar-refractivity contribution in [3.05, 3.63) is 148 Å². The van der Waals surface area contributed by atoms with Gasteiger partial charge in [0.25, 0.3) is 6.71 Å². The molecule has 1 aliphatic carbocycles. The molecule has 0 unspecified atom stereocenters. The zero-order valence-electron chi connectivity index (χ0n) is 46.2. The summed E-state index contributed by atoms with van der Waals surface area (Å²) < 4.78 is 2.78. The highest BCUT2D eigenvalue weighted by Crippen LogP contribution is 2.54. The fourth-order valence-corrected chi connectivity index (χ4v) is 13.0.